The molecule has 0 saturated carbocycles. The van der Waals surface area contributed by atoms with E-state index in [4.69, 9.17) is 15.0 Å². The van der Waals surface area contributed by atoms with Gasteiger partial charge >= 0.3 is 0 Å². The van der Waals surface area contributed by atoms with Crippen molar-refractivity contribution in [3.63, 3.8) is 0 Å². The van der Waals surface area contributed by atoms with E-state index in [1.165, 1.54) is 19.3 Å². The van der Waals surface area contributed by atoms with Crippen molar-refractivity contribution in [2.45, 2.75) is 59.0 Å². The minimum absolute atomic E-state index is 0.0449. The Morgan fingerprint density at radius 2 is 1.77 bits per heavy atom. The van der Waals surface area contributed by atoms with Gasteiger partial charge in [-0.05, 0) is 12.8 Å². The Morgan fingerprint density at radius 1 is 1.31 bits per heavy atom. The summed E-state index contributed by atoms with van der Waals surface area (Å²) in [4.78, 5) is 9.00. The van der Waals surface area contributed by atoms with E-state index in [0.717, 1.165) is 19.8 Å². The SMILES string of the molecule is CC(=O)O.CCCCC[C@H](O)CC. The second kappa shape index (κ2) is 11.4. The summed E-state index contributed by atoms with van der Waals surface area (Å²) in [6.45, 7) is 5.29. The first kappa shape index (κ1) is 14.9. The number of carboxylic acids is 1. The molecule has 0 aliphatic heterocycles. The van der Waals surface area contributed by atoms with Crippen molar-refractivity contribution < 1.29 is 15.0 Å². The van der Waals surface area contributed by atoms with Gasteiger partial charge in [-0.25, -0.2) is 0 Å². The normalized spacial score (nSPS) is 11.4. The molecule has 0 saturated heterocycles. The molecule has 0 spiro atoms. The van der Waals surface area contributed by atoms with E-state index >= 15 is 0 Å². The van der Waals surface area contributed by atoms with Gasteiger partial charge in [-0.15, -0.1) is 0 Å². The highest BCUT2D eigenvalue weighted by atomic mass is 16.4. The third-order valence-electron chi connectivity index (χ3n) is 1.61. The molecule has 0 radical (unpaired) electrons. The highest BCUT2D eigenvalue weighted by Crippen LogP contribution is 2.04. The van der Waals surface area contributed by atoms with Crippen molar-refractivity contribution >= 4 is 5.97 Å². The van der Waals surface area contributed by atoms with E-state index in [-0.39, 0.29) is 6.10 Å². The van der Waals surface area contributed by atoms with Gasteiger partial charge in [-0.3, -0.25) is 4.79 Å². The van der Waals surface area contributed by atoms with Crippen molar-refractivity contribution in [2.24, 2.45) is 0 Å². The summed E-state index contributed by atoms with van der Waals surface area (Å²) in [6, 6.07) is 0. The molecular formula is C10H22O3. The zero-order valence-corrected chi connectivity index (χ0v) is 8.92. The maximum Gasteiger partial charge on any atom is 0.300 e. The Morgan fingerprint density at radius 3 is 2.08 bits per heavy atom. The summed E-state index contributed by atoms with van der Waals surface area (Å²) < 4.78 is 0. The number of aliphatic hydroxyl groups excluding tert-OH is 1. The van der Waals surface area contributed by atoms with Gasteiger partial charge in [0.15, 0.2) is 0 Å². The Bertz CT molecular complexity index is 109. The standard InChI is InChI=1S/C8H18O.C2H4O2/c1-3-5-6-7-8(9)4-2;1-2(3)4/h8-9H,3-7H2,1-2H3;1H3,(H,3,4)/t8-;/m1./s1. The molecule has 80 valence electrons. The van der Waals surface area contributed by atoms with E-state index in [9.17, 15) is 0 Å². The van der Waals surface area contributed by atoms with Gasteiger partial charge in [0.2, 0.25) is 0 Å². The molecule has 13 heavy (non-hydrogen) atoms. The average Bonchev–Trinajstić information content (AvgIpc) is 2.03. The summed E-state index contributed by atoms with van der Waals surface area (Å²) in [5.74, 6) is -0.833. The van der Waals surface area contributed by atoms with Crippen LogP contribution in [0, 0.1) is 0 Å². The Balaban J connectivity index is 0. The van der Waals surface area contributed by atoms with E-state index < -0.39 is 5.97 Å². The van der Waals surface area contributed by atoms with Crippen LogP contribution in [0.3, 0.4) is 0 Å². The predicted octanol–water partition coefficient (Wildman–Crippen LogP) is 2.43. The Hall–Kier alpha value is -0.570. The molecule has 0 unspecified atom stereocenters. The smallest absolute Gasteiger partial charge is 0.300 e. The second-order valence-electron chi connectivity index (χ2n) is 3.08. The molecule has 0 aromatic carbocycles. The zero-order valence-electron chi connectivity index (χ0n) is 8.92. The van der Waals surface area contributed by atoms with Crippen LogP contribution in [0.15, 0.2) is 0 Å². The van der Waals surface area contributed by atoms with Crippen LogP contribution < -0.4 is 0 Å². The van der Waals surface area contributed by atoms with Gasteiger partial charge in [0, 0.05) is 6.92 Å². The lowest BCUT2D eigenvalue weighted by Gasteiger charge is -2.04. The number of unbranched alkanes of at least 4 members (excludes halogenated alkanes) is 2. The topological polar surface area (TPSA) is 57.5 Å². The number of aliphatic hydroxyl groups is 1. The summed E-state index contributed by atoms with van der Waals surface area (Å²) in [7, 11) is 0. The highest BCUT2D eigenvalue weighted by molar-refractivity contribution is 5.62. The molecule has 2 N–H and O–H groups in total. The minimum atomic E-state index is -0.833. The molecule has 0 aromatic heterocycles. The molecule has 0 aliphatic carbocycles. The van der Waals surface area contributed by atoms with E-state index in [0.29, 0.717) is 0 Å². The van der Waals surface area contributed by atoms with Crippen molar-refractivity contribution in [1.82, 2.24) is 0 Å². The largest absolute Gasteiger partial charge is 0.481 e. The average molecular weight is 190 g/mol. The molecule has 0 heterocycles. The Labute approximate surface area is 80.8 Å². The molecule has 0 amide bonds. The van der Waals surface area contributed by atoms with Crippen LogP contribution >= 0.6 is 0 Å². The van der Waals surface area contributed by atoms with Crippen LogP contribution in [0.4, 0.5) is 0 Å². The lowest BCUT2D eigenvalue weighted by atomic mass is 10.1. The number of aliphatic carboxylic acids is 1. The van der Waals surface area contributed by atoms with Crippen molar-refractivity contribution in [1.29, 1.82) is 0 Å². The molecule has 1 atom stereocenters. The molecule has 0 fully saturated rings. The monoisotopic (exact) mass is 190 g/mol. The number of carbonyl (C=O) groups is 1. The lowest BCUT2D eigenvalue weighted by molar-refractivity contribution is -0.134. The van der Waals surface area contributed by atoms with Crippen LogP contribution in [0.5, 0.6) is 0 Å². The Kier molecular flexibility index (Phi) is 13.1. The lowest BCUT2D eigenvalue weighted by Crippen LogP contribution is -2.02. The van der Waals surface area contributed by atoms with Gasteiger partial charge < -0.3 is 10.2 Å². The van der Waals surface area contributed by atoms with Gasteiger partial charge in [0.25, 0.3) is 5.97 Å². The maximum atomic E-state index is 9.08. The predicted molar refractivity (Wildman–Crippen MR) is 53.7 cm³/mol. The van der Waals surface area contributed by atoms with Crippen LogP contribution in [0.1, 0.15) is 52.9 Å². The van der Waals surface area contributed by atoms with Gasteiger partial charge in [-0.1, -0.05) is 33.1 Å². The molecule has 0 aromatic rings. The summed E-state index contributed by atoms with van der Waals surface area (Å²) in [5, 5.41) is 16.5. The summed E-state index contributed by atoms with van der Waals surface area (Å²) >= 11 is 0. The zero-order chi connectivity index (χ0) is 10.7. The van der Waals surface area contributed by atoms with E-state index in [1.807, 2.05) is 6.92 Å². The van der Waals surface area contributed by atoms with Gasteiger partial charge in [0.05, 0.1) is 6.10 Å². The first-order chi connectivity index (χ1) is 6.04. The van der Waals surface area contributed by atoms with Crippen LogP contribution in [0.25, 0.3) is 0 Å². The first-order valence-electron chi connectivity index (χ1n) is 4.92. The molecule has 3 heteroatoms. The first-order valence-corrected chi connectivity index (χ1v) is 4.92. The quantitative estimate of drug-likeness (QED) is 0.654. The molecule has 0 rings (SSSR count). The highest BCUT2D eigenvalue weighted by Gasteiger charge is 1.97. The number of hydrogen-bond donors (Lipinski definition) is 2. The van der Waals surface area contributed by atoms with E-state index in [2.05, 4.69) is 6.92 Å². The minimum Gasteiger partial charge on any atom is -0.481 e. The van der Waals surface area contributed by atoms with Crippen molar-refractivity contribution in [3.05, 3.63) is 0 Å². The molecule has 0 bridgehead atoms. The van der Waals surface area contributed by atoms with Crippen molar-refractivity contribution in [2.75, 3.05) is 0 Å². The van der Waals surface area contributed by atoms with Crippen LogP contribution in [-0.4, -0.2) is 22.3 Å². The second-order valence-corrected chi connectivity index (χ2v) is 3.08. The molecular weight excluding hydrogens is 168 g/mol. The molecule has 0 aliphatic rings. The fraction of sp³-hybridized carbons (Fsp3) is 0.900. The summed E-state index contributed by atoms with van der Waals surface area (Å²) in [6.07, 6.45) is 5.55. The third-order valence-corrected chi connectivity index (χ3v) is 1.61. The van der Waals surface area contributed by atoms with Crippen LogP contribution in [0.2, 0.25) is 0 Å². The number of carboxylic acid groups (broad SMARTS) is 1. The number of rotatable bonds is 5. The fourth-order valence-corrected chi connectivity index (χ4v) is 0.834. The maximum absolute atomic E-state index is 9.08. The fourth-order valence-electron chi connectivity index (χ4n) is 0.834. The van der Waals surface area contributed by atoms with Gasteiger partial charge in [-0.2, -0.15) is 0 Å². The van der Waals surface area contributed by atoms with Crippen LogP contribution in [-0.2, 0) is 4.79 Å². The van der Waals surface area contributed by atoms with Gasteiger partial charge in [0.1, 0.15) is 0 Å². The third kappa shape index (κ3) is 24.6. The van der Waals surface area contributed by atoms with Crippen molar-refractivity contribution in [3.8, 4) is 0 Å². The number of hydrogen-bond acceptors (Lipinski definition) is 2. The molecule has 3 nitrogen and oxygen atoms in total. The summed E-state index contributed by atoms with van der Waals surface area (Å²) in [5.41, 5.74) is 0. The van der Waals surface area contributed by atoms with E-state index in [1.54, 1.807) is 0 Å².